The molecule has 1 N–H and O–H groups in total. The van der Waals surface area contributed by atoms with Crippen molar-refractivity contribution >= 4 is 62.3 Å². The lowest BCUT2D eigenvalue weighted by atomic mass is 9.95. The van der Waals surface area contributed by atoms with Gasteiger partial charge in [-0.2, -0.15) is 0 Å². The number of rotatable bonds is 10. The van der Waals surface area contributed by atoms with Gasteiger partial charge in [-0.05, 0) is 49.6 Å². The van der Waals surface area contributed by atoms with E-state index in [9.17, 15) is 18.0 Å². The van der Waals surface area contributed by atoms with Gasteiger partial charge in [0.15, 0.2) is 0 Å². The van der Waals surface area contributed by atoms with Gasteiger partial charge in [0, 0.05) is 33.2 Å². The molecule has 0 aromatic heterocycles. The highest BCUT2D eigenvalue weighted by Crippen LogP contribution is 2.28. The Labute approximate surface area is 234 Å². The second kappa shape index (κ2) is 13.2. The van der Waals surface area contributed by atoms with Crippen molar-refractivity contribution in [2.75, 3.05) is 17.1 Å². The van der Waals surface area contributed by atoms with Crippen LogP contribution in [0.5, 0.6) is 0 Å². The minimum atomic E-state index is -3.85. The van der Waals surface area contributed by atoms with Crippen molar-refractivity contribution in [3.63, 3.8) is 0 Å². The Bertz CT molecular complexity index is 1200. The number of halogens is 3. The van der Waals surface area contributed by atoms with Gasteiger partial charge in [0.05, 0.1) is 11.9 Å². The van der Waals surface area contributed by atoms with E-state index in [4.69, 9.17) is 34.8 Å². The largest absolute Gasteiger partial charge is 0.352 e. The van der Waals surface area contributed by atoms with Crippen LogP contribution in [-0.4, -0.2) is 50.0 Å². The summed E-state index contributed by atoms with van der Waals surface area (Å²) in [7, 11) is -3.85. The maximum absolute atomic E-state index is 13.8. The first-order chi connectivity index (χ1) is 17.5. The van der Waals surface area contributed by atoms with Crippen molar-refractivity contribution in [3.05, 3.63) is 63.1 Å². The number of nitrogens with zero attached hydrogens (tertiary/aromatic N) is 2. The molecule has 1 unspecified atom stereocenters. The maximum atomic E-state index is 13.8. The Morgan fingerprint density at radius 3 is 2.22 bits per heavy atom. The fraction of sp³-hybridized carbons (Fsp3) is 0.462. The maximum Gasteiger partial charge on any atom is 0.244 e. The summed E-state index contributed by atoms with van der Waals surface area (Å²) in [5.41, 5.74) is 0.732. The van der Waals surface area contributed by atoms with E-state index in [0.29, 0.717) is 27.1 Å². The number of hydrogen-bond acceptors (Lipinski definition) is 4. The Morgan fingerprint density at radius 1 is 1.03 bits per heavy atom. The quantitative estimate of drug-likeness (QED) is 0.388. The molecule has 202 valence electrons. The standard InChI is InChI=1S/C26H32Cl3N3O4S/c1-3-24(26(34)30-19-10-5-4-6-11-19)31(16-21-22(28)13-8-14-23(21)29)25(33)17-32(37(2,35)36)20-12-7-9-18(27)15-20/h7-9,12-15,19,24H,3-6,10-11,16-17H2,1-2H3,(H,30,34). The van der Waals surface area contributed by atoms with Crippen LogP contribution in [0.15, 0.2) is 42.5 Å². The van der Waals surface area contributed by atoms with E-state index < -0.39 is 28.5 Å². The van der Waals surface area contributed by atoms with Gasteiger partial charge in [-0.15, -0.1) is 0 Å². The molecule has 1 atom stereocenters. The lowest BCUT2D eigenvalue weighted by Gasteiger charge is -2.34. The second-order valence-electron chi connectivity index (χ2n) is 9.24. The molecule has 0 saturated heterocycles. The van der Waals surface area contributed by atoms with Crippen LogP contribution in [-0.2, 0) is 26.2 Å². The van der Waals surface area contributed by atoms with Gasteiger partial charge in [0.25, 0.3) is 0 Å². The van der Waals surface area contributed by atoms with E-state index in [1.807, 2.05) is 6.92 Å². The summed E-state index contributed by atoms with van der Waals surface area (Å²) in [5, 5.41) is 4.12. The summed E-state index contributed by atoms with van der Waals surface area (Å²) in [5.74, 6) is -0.841. The molecule has 7 nitrogen and oxygen atoms in total. The summed E-state index contributed by atoms with van der Waals surface area (Å²) in [6.07, 6.45) is 6.35. The zero-order valence-electron chi connectivity index (χ0n) is 20.9. The summed E-state index contributed by atoms with van der Waals surface area (Å²) in [6.45, 7) is 1.24. The lowest BCUT2D eigenvalue weighted by Crippen LogP contribution is -2.54. The highest BCUT2D eigenvalue weighted by Gasteiger charge is 2.33. The third-order valence-electron chi connectivity index (χ3n) is 6.50. The first-order valence-corrected chi connectivity index (χ1v) is 15.3. The molecular formula is C26H32Cl3N3O4S. The third-order valence-corrected chi connectivity index (χ3v) is 8.59. The molecule has 0 spiro atoms. The predicted octanol–water partition coefficient (Wildman–Crippen LogP) is 5.67. The van der Waals surface area contributed by atoms with Gasteiger partial charge < -0.3 is 10.2 Å². The van der Waals surface area contributed by atoms with Gasteiger partial charge in [-0.1, -0.05) is 73.1 Å². The second-order valence-corrected chi connectivity index (χ2v) is 12.4. The number of anilines is 1. The van der Waals surface area contributed by atoms with E-state index in [1.54, 1.807) is 36.4 Å². The van der Waals surface area contributed by atoms with Gasteiger partial charge in [0.2, 0.25) is 21.8 Å². The molecule has 2 aromatic rings. The van der Waals surface area contributed by atoms with Crippen molar-refractivity contribution in [1.29, 1.82) is 0 Å². The highest BCUT2D eigenvalue weighted by atomic mass is 35.5. The fourth-order valence-electron chi connectivity index (χ4n) is 4.56. The highest BCUT2D eigenvalue weighted by molar-refractivity contribution is 7.92. The molecule has 0 aliphatic heterocycles. The Balaban J connectivity index is 1.96. The number of hydrogen-bond donors (Lipinski definition) is 1. The molecule has 1 fully saturated rings. The van der Waals surface area contributed by atoms with E-state index in [2.05, 4.69) is 5.32 Å². The number of carbonyl (C=O) groups excluding carboxylic acids is 2. The Morgan fingerprint density at radius 2 is 1.65 bits per heavy atom. The molecule has 2 aromatic carbocycles. The fourth-order valence-corrected chi connectivity index (χ4v) is 6.11. The lowest BCUT2D eigenvalue weighted by molar-refractivity contribution is -0.140. The average Bonchev–Trinajstić information content (AvgIpc) is 2.84. The van der Waals surface area contributed by atoms with Crippen LogP contribution < -0.4 is 9.62 Å². The zero-order valence-corrected chi connectivity index (χ0v) is 24.0. The molecule has 0 heterocycles. The van der Waals surface area contributed by atoms with E-state index >= 15 is 0 Å². The molecule has 1 saturated carbocycles. The van der Waals surface area contributed by atoms with Gasteiger partial charge in [-0.25, -0.2) is 8.42 Å². The average molecular weight is 589 g/mol. The molecule has 3 rings (SSSR count). The topological polar surface area (TPSA) is 86.8 Å². The predicted molar refractivity (Wildman–Crippen MR) is 150 cm³/mol. The molecule has 2 amide bonds. The summed E-state index contributed by atoms with van der Waals surface area (Å²) < 4.78 is 26.4. The number of benzene rings is 2. The molecule has 37 heavy (non-hydrogen) atoms. The Kier molecular flexibility index (Phi) is 10.5. The number of sulfonamides is 1. The van der Waals surface area contributed by atoms with Crippen molar-refractivity contribution in [2.24, 2.45) is 0 Å². The molecule has 1 aliphatic rings. The van der Waals surface area contributed by atoms with Crippen molar-refractivity contribution in [1.82, 2.24) is 10.2 Å². The monoisotopic (exact) mass is 587 g/mol. The van der Waals surface area contributed by atoms with Crippen LogP contribution in [0.3, 0.4) is 0 Å². The third kappa shape index (κ3) is 7.99. The first-order valence-electron chi connectivity index (χ1n) is 12.3. The van der Waals surface area contributed by atoms with E-state index in [0.717, 1.165) is 42.7 Å². The first kappa shape index (κ1) is 29.6. The van der Waals surface area contributed by atoms with Crippen LogP contribution in [0.1, 0.15) is 51.0 Å². The SMILES string of the molecule is CCC(C(=O)NC1CCCCC1)N(Cc1c(Cl)cccc1Cl)C(=O)CN(c1cccc(Cl)c1)S(C)(=O)=O. The van der Waals surface area contributed by atoms with Crippen LogP contribution in [0, 0.1) is 0 Å². The molecule has 11 heteroatoms. The molecular weight excluding hydrogens is 557 g/mol. The molecule has 1 aliphatic carbocycles. The van der Waals surface area contributed by atoms with E-state index in [-0.39, 0.29) is 24.2 Å². The van der Waals surface area contributed by atoms with Crippen LogP contribution in [0.25, 0.3) is 0 Å². The van der Waals surface area contributed by atoms with Crippen molar-refractivity contribution in [3.8, 4) is 0 Å². The van der Waals surface area contributed by atoms with Gasteiger partial charge in [-0.3, -0.25) is 13.9 Å². The van der Waals surface area contributed by atoms with Crippen LogP contribution >= 0.6 is 34.8 Å². The minimum absolute atomic E-state index is 0.0510. The van der Waals surface area contributed by atoms with Crippen molar-refractivity contribution in [2.45, 2.75) is 64.1 Å². The Hall–Kier alpha value is -2.00. The number of carbonyl (C=O) groups is 2. The zero-order chi connectivity index (χ0) is 27.2. The van der Waals surface area contributed by atoms with Gasteiger partial charge >= 0.3 is 0 Å². The molecule has 0 bridgehead atoms. The smallest absolute Gasteiger partial charge is 0.244 e. The van der Waals surface area contributed by atoms with Gasteiger partial charge in [0.1, 0.15) is 12.6 Å². The van der Waals surface area contributed by atoms with Crippen LogP contribution in [0.2, 0.25) is 15.1 Å². The van der Waals surface area contributed by atoms with Crippen LogP contribution in [0.4, 0.5) is 5.69 Å². The van der Waals surface area contributed by atoms with Crippen molar-refractivity contribution < 1.29 is 18.0 Å². The van der Waals surface area contributed by atoms with E-state index in [1.165, 1.54) is 11.0 Å². The number of amides is 2. The summed E-state index contributed by atoms with van der Waals surface area (Å²) in [4.78, 5) is 28.6. The minimum Gasteiger partial charge on any atom is -0.352 e. The normalized spacial score (nSPS) is 15.2. The number of nitrogens with one attached hydrogen (secondary N) is 1. The molecule has 0 radical (unpaired) electrons. The summed E-state index contributed by atoms with van der Waals surface area (Å²) in [6, 6.07) is 10.5. The summed E-state index contributed by atoms with van der Waals surface area (Å²) >= 11 is 18.9.